The van der Waals surface area contributed by atoms with Gasteiger partial charge in [0.2, 0.25) is 10.0 Å². The van der Waals surface area contributed by atoms with Gasteiger partial charge in [0.15, 0.2) is 0 Å². The first-order chi connectivity index (χ1) is 15.6. The second-order valence-corrected chi connectivity index (χ2v) is 11.4. The Labute approximate surface area is 193 Å². The number of alkyl halides is 3. The van der Waals surface area contributed by atoms with Crippen LogP contribution in [-0.4, -0.2) is 61.7 Å². The topological polar surface area (TPSA) is 94.6 Å². The summed E-state index contributed by atoms with van der Waals surface area (Å²) in [6.45, 7) is 2.62. The molecular formula is C22H33F3N4O3S. The number of rotatable bonds is 9. The summed E-state index contributed by atoms with van der Waals surface area (Å²) in [4.78, 5) is 5.58. The lowest BCUT2D eigenvalue weighted by atomic mass is 9.84. The number of sulfonamides is 1. The number of halogens is 3. The van der Waals surface area contributed by atoms with Crippen LogP contribution in [0.1, 0.15) is 57.1 Å². The van der Waals surface area contributed by atoms with Crippen LogP contribution in [0.15, 0.2) is 17.0 Å². The second-order valence-electron chi connectivity index (χ2n) is 9.68. The third kappa shape index (κ3) is 6.58. The van der Waals surface area contributed by atoms with Gasteiger partial charge in [-0.3, -0.25) is 0 Å². The summed E-state index contributed by atoms with van der Waals surface area (Å²) in [5, 5.41) is 13.0. The standard InChI is InChI=1S/C22H33F3N4O3S/c23-22(24,25)20-8-7-19(21(27-20)26-11-9-16-3-1-2-4-18(16)30)33(31,32)28-17-10-12-29(14-17)13-15-5-6-15/h7-8,15-18,28,30H,1-6,9-14H2,(H,26,27)/t16-,17?,18-/m1/s1. The molecule has 1 saturated heterocycles. The Bertz CT molecular complexity index is 924. The maximum absolute atomic E-state index is 13.2. The molecule has 0 amide bonds. The molecule has 2 heterocycles. The molecular weight excluding hydrogens is 457 g/mol. The first-order valence-corrected chi connectivity index (χ1v) is 13.3. The Balaban J connectivity index is 1.45. The van der Waals surface area contributed by atoms with Gasteiger partial charge in [-0.2, -0.15) is 13.2 Å². The van der Waals surface area contributed by atoms with E-state index in [4.69, 9.17) is 0 Å². The van der Waals surface area contributed by atoms with E-state index < -0.39 is 28.0 Å². The van der Waals surface area contributed by atoms with Crippen LogP contribution in [0, 0.1) is 11.8 Å². The average Bonchev–Trinajstić information content (AvgIpc) is 3.46. The summed E-state index contributed by atoms with van der Waals surface area (Å²) < 4.78 is 68.6. The lowest BCUT2D eigenvalue weighted by Gasteiger charge is -2.27. The highest BCUT2D eigenvalue weighted by molar-refractivity contribution is 7.89. The molecule has 0 aromatic carbocycles. The van der Waals surface area contributed by atoms with Crippen molar-refractivity contribution < 1.29 is 26.7 Å². The van der Waals surface area contributed by atoms with Crippen molar-refractivity contribution in [2.75, 3.05) is 31.5 Å². The number of aromatic nitrogens is 1. The van der Waals surface area contributed by atoms with Crippen LogP contribution >= 0.6 is 0 Å². The fourth-order valence-electron chi connectivity index (χ4n) is 4.89. The van der Waals surface area contributed by atoms with Crippen molar-refractivity contribution in [3.8, 4) is 0 Å². The molecule has 0 bridgehead atoms. The molecule has 186 valence electrons. The van der Waals surface area contributed by atoms with Gasteiger partial charge in [-0.1, -0.05) is 12.8 Å². The fraction of sp³-hybridized carbons (Fsp3) is 0.773. The predicted molar refractivity (Wildman–Crippen MR) is 118 cm³/mol. The summed E-state index contributed by atoms with van der Waals surface area (Å²) in [6, 6.07) is 1.41. The Kier molecular flexibility index (Phi) is 7.52. The zero-order valence-corrected chi connectivity index (χ0v) is 19.5. The Morgan fingerprint density at radius 2 is 1.88 bits per heavy atom. The van der Waals surface area contributed by atoms with E-state index in [-0.39, 0.29) is 29.2 Å². The van der Waals surface area contributed by atoms with Crippen molar-refractivity contribution in [1.29, 1.82) is 0 Å². The largest absolute Gasteiger partial charge is 0.433 e. The van der Waals surface area contributed by atoms with E-state index in [1.807, 2.05) is 0 Å². The molecule has 1 aromatic rings. The Morgan fingerprint density at radius 3 is 2.58 bits per heavy atom. The van der Waals surface area contributed by atoms with Gasteiger partial charge in [0.1, 0.15) is 16.4 Å². The van der Waals surface area contributed by atoms with E-state index in [2.05, 4.69) is 19.9 Å². The molecule has 3 fully saturated rings. The summed E-state index contributed by atoms with van der Waals surface area (Å²) in [6.07, 6.45) is 2.07. The normalized spacial score (nSPS) is 27.1. The van der Waals surface area contributed by atoms with Crippen LogP contribution in [0.5, 0.6) is 0 Å². The molecule has 2 aliphatic carbocycles. The van der Waals surface area contributed by atoms with Crippen LogP contribution < -0.4 is 10.0 Å². The van der Waals surface area contributed by atoms with E-state index >= 15 is 0 Å². The lowest BCUT2D eigenvalue weighted by molar-refractivity contribution is -0.141. The van der Waals surface area contributed by atoms with Crippen LogP contribution in [0.25, 0.3) is 0 Å². The number of nitrogens with one attached hydrogen (secondary N) is 2. The Hall–Kier alpha value is -1.43. The molecule has 7 nitrogen and oxygen atoms in total. The highest BCUT2D eigenvalue weighted by atomic mass is 32.2. The number of nitrogens with zero attached hydrogens (tertiary/aromatic N) is 2. The van der Waals surface area contributed by atoms with Gasteiger partial charge in [-0.05, 0) is 69.0 Å². The molecule has 3 atom stereocenters. The number of aliphatic hydroxyl groups excluding tert-OH is 1. The zero-order chi connectivity index (χ0) is 23.6. The van der Waals surface area contributed by atoms with Gasteiger partial charge in [0, 0.05) is 25.7 Å². The summed E-state index contributed by atoms with van der Waals surface area (Å²) >= 11 is 0. The molecule has 0 radical (unpaired) electrons. The maximum atomic E-state index is 13.2. The van der Waals surface area contributed by atoms with Gasteiger partial charge < -0.3 is 15.3 Å². The number of aliphatic hydroxyl groups is 1. The van der Waals surface area contributed by atoms with Crippen molar-refractivity contribution in [3.63, 3.8) is 0 Å². The van der Waals surface area contributed by atoms with Crippen molar-refractivity contribution in [3.05, 3.63) is 17.8 Å². The average molecular weight is 491 g/mol. The summed E-state index contributed by atoms with van der Waals surface area (Å²) in [7, 11) is -4.06. The molecule has 11 heteroatoms. The van der Waals surface area contributed by atoms with Gasteiger partial charge in [-0.25, -0.2) is 18.1 Å². The minimum atomic E-state index is -4.68. The molecule has 33 heavy (non-hydrogen) atoms. The lowest BCUT2D eigenvalue weighted by Crippen LogP contribution is -2.38. The number of anilines is 1. The van der Waals surface area contributed by atoms with Gasteiger partial charge in [0.25, 0.3) is 0 Å². The third-order valence-electron chi connectivity index (χ3n) is 6.92. The second kappa shape index (κ2) is 10.1. The van der Waals surface area contributed by atoms with Crippen molar-refractivity contribution in [2.45, 2.75) is 74.6 Å². The highest BCUT2D eigenvalue weighted by Gasteiger charge is 2.36. The third-order valence-corrected chi connectivity index (χ3v) is 8.47. The first-order valence-electron chi connectivity index (χ1n) is 11.9. The predicted octanol–water partition coefficient (Wildman–Crippen LogP) is 3.22. The molecule has 1 unspecified atom stereocenters. The van der Waals surface area contributed by atoms with Crippen LogP contribution in [0.3, 0.4) is 0 Å². The van der Waals surface area contributed by atoms with Crippen molar-refractivity contribution >= 4 is 15.8 Å². The van der Waals surface area contributed by atoms with E-state index in [1.165, 1.54) is 12.8 Å². The van der Waals surface area contributed by atoms with Crippen LogP contribution in [0.2, 0.25) is 0 Å². The molecule has 2 saturated carbocycles. The fourth-order valence-corrected chi connectivity index (χ4v) is 6.27. The molecule has 3 aliphatic rings. The molecule has 1 aliphatic heterocycles. The molecule has 0 spiro atoms. The first kappa shape index (κ1) is 24.7. The van der Waals surface area contributed by atoms with E-state index in [0.29, 0.717) is 31.4 Å². The maximum Gasteiger partial charge on any atom is 0.433 e. The zero-order valence-electron chi connectivity index (χ0n) is 18.6. The van der Waals surface area contributed by atoms with Gasteiger partial charge >= 0.3 is 6.18 Å². The van der Waals surface area contributed by atoms with Crippen molar-refractivity contribution in [1.82, 2.24) is 14.6 Å². The Morgan fingerprint density at radius 1 is 1.12 bits per heavy atom. The molecule has 1 aromatic heterocycles. The minimum Gasteiger partial charge on any atom is -0.393 e. The smallest absolute Gasteiger partial charge is 0.393 e. The van der Waals surface area contributed by atoms with Crippen LogP contribution in [-0.2, 0) is 16.2 Å². The molecule has 4 rings (SSSR count). The van der Waals surface area contributed by atoms with Crippen LogP contribution in [0.4, 0.5) is 19.0 Å². The number of hydrogen-bond acceptors (Lipinski definition) is 6. The summed E-state index contributed by atoms with van der Waals surface area (Å²) in [5.41, 5.74) is -1.14. The number of pyridine rings is 1. The number of likely N-dealkylation sites (tertiary alicyclic amines) is 1. The van der Waals surface area contributed by atoms with Crippen molar-refractivity contribution in [2.24, 2.45) is 11.8 Å². The monoisotopic (exact) mass is 490 g/mol. The quantitative estimate of drug-likeness (QED) is 0.492. The van der Waals surface area contributed by atoms with E-state index in [0.717, 1.165) is 44.8 Å². The van der Waals surface area contributed by atoms with Gasteiger partial charge in [-0.15, -0.1) is 0 Å². The number of hydrogen-bond donors (Lipinski definition) is 3. The van der Waals surface area contributed by atoms with Gasteiger partial charge in [0.05, 0.1) is 6.10 Å². The molecule has 3 N–H and O–H groups in total. The SMILES string of the molecule is O=S(=O)(NC1CCN(CC2CC2)C1)c1ccc(C(F)(F)F)nc1NCC[C@H]1CCCC[C@H]1O. The van der Waals surface area contributed by atoms with E-state index in [9.17, 15) is 26.7 Å². The van der Waals surface area contributed by atoms with E-state index in [1.54, 1.807) is 0 Å². The highest BCUT2D eigenvalue weighted by Crippen LogP contribution is 2.33. The summed E-state index contributed by atoms with van der Waals surface area (Å²) in [5.74, 6) is 0.458. The minimum absolute atomic E-state index is 0.0474.